The SMILES string of the molecule is Cc1nc(N)ncc1C(=O)NCCn1cnc(C)c1C.O=CO. The fraction of sp³-hybridized carbons (Fsp3) is 0.357. The van der Waals surface area contributed by atoms with Gasteiger partial charge in [-0.25, -0.2) is 15.0 Å². The maximum absolute atomic E-state index is 12.0. The third-order valence-corrected chi connectivity index (χ3v) is 3.23. The number of hydrogen-bond acceptors (Lipinski definition) is 6. The molecule has 0 atom stereocenters. The fourth-order valence-corrected chi connectivity index (χ4v) is 1.86. The summed E-state index contributed by atoms with van der Waals surface area (Å²) in [6.45, 7) is 6.63. The first-order chi connectivity index (χ1) is 10.9. The monoisotopic (exact) mass is 320 g/mol. The molecule has 0 saturated heterocycles. The molecule has 9 nitrogen and oxygen atoms in total. The molecule has 0 saturated carbocycles. The lowest BCUT2D eigenvalue weighted by atomic mass is 10.2. The summed E-state index contributed by atoms with van der Waals surface area (Å²) in [6, 6.07) is 0. The molecule has 1 amide bonds. The summed E-state index contributed by atoms with van der Waals surface area (Å²) < 4.78 is 2.00. The highest BCUT2D eigenvalue weighted by molar-refractivity contribution is 5.94. The molecule has 0 aromatic carbocycles. The number of anilines is 1. The summed E-state index contributed by atoms with van der Waals surface area (Å²) in [5, 5.41) is 9.72. The lowest BCUT2D eigenvalue weighted by molar-refractivity contribution is -0.122. The van der Waals surface area contributed by atoms with Crippen LogP contribution in [0.4, 0.5) is 5.95 Å². The number of nitrogens with one attached hydrogen (secondary N) is 1. The molecular weight excluding hydrogens is 300 g/mol. The van der Waals surface area contributed by atoms with Gasteiger partial charge in [-0.2, -0.15) is 0 Å². The van der Waals surface area contributed by atoms with Crippen molar-refractivity contribution < 1.29 is 14.7 Å². The Hall–Kier alpha value is -2.97. The Kier molecular flexibility index (Phi) is 6.66. The molecule has 9 heteroatoms. The molecule has 0 aliphatic carbocycles. The van der Waals surface area contributed by atoms with Gasteiger partial charge in [0.1, 0.15) is 0 Å². The summed E-state index contributed by atoms with van der Waals surface area (Å²) in [4.78, 5) is 32.4. The van der Waals surface area contributed by atoms with E-state index in [-0.39, 0.29) is 18.3 Å². The molecule has 124 valence electrons. The van der Waals surface area contributed by atoms with Gasteiger partial charge in [0, 0.05) is 25.0 Å². The van der Waals surface area contributed by atoms with E-state index in [1.807, 2.05) is 18.4 Å². The van der Waals surface area contributed by atoms with Crippen molar-refractivity contribution in [2.24, 2.45) is 0 Å². The number of nitrogen functional groups attached to an aromatic ring is 1. The zero-order chi connectivity index (χ0) is 17.4. The van der Waals surface area contributed by atoms with Crippen LogP contribution in [0.5, 0.6) is 0 Å². The number of aryl methyl sites for hydroxylation is 2. The molecule has 0 spiro atoms. The minimum Gasteiger partial charge on any atom is -0.483 e. The van der Waals surface area contributed by atoms with Crippen LogP contribution in [0, 0.1) is 20.8 Å². The van der Waals surface area contributed by atoms with Crippen LogP contribution in [0.1, 0.15) is 27.4 Å². The smallest absolute Gasteiger partial charge is 0.290 e. The van der Waals surface area contributed by atoms with E-state index < -0.39 is 0 Å². The molecule has 4 N–H and O–H groups in total. The molecular formula is C14H20N6O3. The molecule has 23 heavy (non-hydrogen) atoms. The Labute approximate surface area is 133 Å². The van der Waals surface area contributed by atoms with Crippen LogP contribution in [0.15, 0.2) is 12.5 Å². The third-order valence-electron chi connectivity index (χ3n) is 3.23. The first-order valence-corrected chi connectivity index (χ1v) is 6.84. The highest BCUT2D eigenvalue weighted by Crippen LogP contribution is 2.05. The van der Waals surface area contributed by atoms with E-state index in [0.717, 1.165) is 11.4 Å². The number of aromatic nitrogens is 4. The molecule has 0 radical (unpaired) electrons. The van der Waals surface area contributed by atoms with Gasteiger partial charge in [0.2, 0.25) is 5.95 Å². The standard InChI is InChI=1S/C13H18N6O.CH2O2/c1-8-10(3)19(7-17-8)5-4-15-12(20)11-6-16-13(14)18-9(11)2;2-1-3/h6-7H,4-5H2,1-3H3,(H,15,20)(H2,14,16,18);1H,(H,2,3). The van der Waals surface area contributed by atoms with Gasteiger partial charge in [-0.1, -0.05) is 0 Å². The first-order valence-electron chi connectivity index (χ1n) is 6.84. The second kappa shape index (κ2) is 8.47. The van der Waals surface area contributed by atoms with Crippen molar-refractivity contribution in [1.29, 1.82) is 0 Å². The van der Waals surface area contributed by atoms with Crippen LogP contribution in [0.25, 0.3) is 0 Å². The van der Waals surface area contributed by atoms with Crippen LogP contribution in [-0.2, 0) is 11.3 Å². The van der Waals surface area contributed by atoms with Gasteiger partial charge in [0.15, 0.2) is 0 Å². The Bertz CT molecular complexity index is 683. The molecule has 2 heterocycles. The van der Waals surface area contributed by atoms with Crippen LogP contribution >= 0.6 is 0 Å². The van der Waals surface area contributed by atoms with Gasteiger partial charge >= 0.3 is 0 Å². The van der Waals surface area contributed by atoms with Crippen LogP contribution < -0.4 is 11.1 Å². The van der Waals surface area contributed by atoms with Gasteiger partial charge in [-0.15, -0.1) is 0 Å². The quantitative estimate of drug-likeness (QED) is 0.690. The van der Waals surface area contributed by atoms with E-state index in [4.69, 9.17) is 15.6 Å². The molecule has 0 fully saturated rings. The van der Waals surface area contributed by atoms with E-state index in [0.29, 0.717) is 24.3 Å². The molecule has 0 bridgehead atoms. The number of nitrogens with two attached hydrogens (primary N) is 1. The zero-order valence-electron chi connectivity index (χ0n) is 13.3. The number of carbonyl (C=O) groups is 2. The average Bonchev–Trinajstić information content (AvgIpc) is 2.80. The van der Waals surface area contributed by atoms with Gasteiger partial charge in [0.25, 0.3) is 12.4 Å². The van der Waals surface area contributed by atoms with E-state index in [9.17, 15) is 4.79 Å². The average molecular weight is 320 g/mol. The summed E-state index contributed by atoms with van der Waals surface area (Å²) in [5.74, 6) is -0.0273. The van der Waals surface area contributed by atoms with Crippen LogP contribution in [0.3, 0.4) is 0 Å². The maximum Gasteiger partial charge on any atom is 0.290 e. The van der Waals surface area contributed by atoms with Crippen molar-refractivity contribution in [2.45, 2.75) is 27.3 Å². The highest BCUT2D eigenvalue weighted by Gasteiger charge is 2.10. The lowest BCUT2D eigenvalue weighted by Crippen LogP contribution is -2.28. The molecule has 2 rings (SSSR count). The van der Waals surface area contributed by atoms with Gasteiger partial charge in [0.05, 0.1) is 23.3 Å². The van der Waals surface area contributed by atoms with E-state index in [1.165, 1.54) is 6.20 Å². The third kappa shape index (κ3) is 5.06. The largest absolute Gasteiger partial charge is 0.483 e. The maximum atomic E-state index is 12.0. The molecule has 0 unspecified atom stereocenters. The van der Waals surface area contributed by atoms with Gasteiger partial charge < -0.3 is 20.7 Å². The van der Waals surface area contributed by atoms with Crippen molar-refractivity contribution in [1.82, 2.24) is 24.8 Å². The van der Waals surface area contributed by atoms with E-state index in [1.54, 1.807) is 13.3 Å². The lowest BCUT2D eigenvalue weighted by Gasteiger charge is -2.09. The number of nitrogens with zero attached hydrogens (tertiary/aromatic N) is 4. The second-order valence-electron chi connectivity index (χ2n) is 4.70. The van der Waals surface area contributed by atoms with Crippen LogP contribution in [-0.4, -0.2) is 43.5 Å². The Balaban J connectivity index is 0.000000816. The molecule has 0 aliphatic heterocycles. The Morgan fingerprint density at radius 1 is 1.35 bits per heavy atom. The number of amides is 1. The van der Waals surface area contributed by atoms with Gasteiger partial charge in [-0.05, 0) is 20.8 Å². The van der Waals surface area contributed by atoms with Crippen molar-refractivity contribution in [3.8, 4) is 0 Å². The minimum absolute atomic E-state index is 0.170. The summed E-state index contributed by atoms with van der Waals surface area (Å²) >= 11 is 0. The topological polar surface area (TPSA) is 136 Å². The van der Waals surface area contributed by atoms with Gasteiger partial charge in [-0.3, -0.25) is 9.59 Å². The fourth-order valence-electron chi connectivity index (χ4n) is 1.86. The van der Waals surface area contributed by atoms with Crippen molar-refractivity contribution in [3.63, 3.8) is 0 Å². The first kappa shape index (κ1) is 18.1. The summed E-state index contributed by atoms with van der Waals surface area (Å²) in [7, 11) is 0. The number of carbonyl (C=O) groups excluding carboxylic acids is 1. The predicted octanol–water partition coefficient (Wildman–Crippen LogP) is 0.311. The second-order valence-corrected chi connectivity index (χ2v) is 4.70. The molecule has 0 aliphatic rings. The summed E-state index contributed by atoms with van der Waals surface area (Å²) in [6.07, 6.45) is 3.22. The number of hydrogen-bond donors (Lipinski definition) is 3. The van der Waals surface area contributed by atoms with E-state index >= 15 is 0 Å². The van der Waals surface area contributed by atoms with Crippen molar-refractivity contribution >= 4 is 18.3 Å². The number of carboxylic acid groups (broad SMARTS) is 1. The number of rotatable bonds is 4. The van der Waals surface area contributed by atoms with Crippen molar-refractivity contribution in [3.05, 3.63) is 35.2 Å². The molecule has 2 aromatic heterocycles. The van der Waals surface area contributed by atoms with E-state index in [2.05, 4.69) is 20.3 Å². The zero-order valence-corrected chi connectivity index (χ0v) is 13.3. The normalized spacial score (nSPS) is 9.70. The highest BCUT2D eigenvalue weighted by atomic mass is 16.3. The molecule has 2 aromatic rings. The number of imidazole rings is 1. The van der Waals surface area contributed by atoms with Crippen molar-refractivity contribution in [2.75, 3.05) is 12.3 Å². The Morgan fingerprint density at radius 3 is 2.52 bits per heavy atom. The summed E-state index contributed by atoms with van der Waals surface area (Å²) in [5.41, 5.74) is 8.58. The minimum atomic E-state index is -0.250. The van der Waals surface area contributed by atoms with Crippen LogP contribution in [0.2, 0.25) is 0 Å². The Morgan fingerprint density at radius 2 is 2.00 bits per heavy atom. The predicted molar refractivity (Wildman–Crippen MR) is 83.9 cm³/mol.